The highest BCUT2D eigenvalue weighted by molar-refractivity contribution is 5.86. The van der Waals surface area contributed by atoms with E-state index >= 15 is 0 Å². The number of hydrogen-bond donors (Lipinski definition) is 2. The molecule has 2 rings (SSSR count). The van der Waals surface area contributed by atoms with E-state index in [1.807, 2.05) is 0 Å². The number of amides is 1. The van der Waals surface area contributed by atoms with Crippen LogP contribution in [0.2, 0.25) is 0 Å². The third-order valence-corrected chi connectivity index (χ3v) is 3.04. The highest BCUT2D eigenvalue weighted by Gasteiger charge is 2.09. The Kier molecular flexibility index (Phi) is 5.88. The molecule has 0 aliphatic rings. The summed E-state index contributed by atoms with van der Waals surface area (Å²) in [7, 11) is 1.54. The van der Waals surface area contributed by atoms with Gasteiger partial charge in [-0.2, -0.15) is 5.10 Å². The number of phenolic OH excluding ortho intramolecular Hbond substituents is 1. The van der Waals surface area contributed by atoms with Crippen molar-refractivity contribution in [3.63, 3.8) is 0 Å². The lowest BCUT2D eigenvalue weighted by Crippen LogP contribution is -2.24. The Labute approximate surface area is 142 Å². The quantitative estimate of drug-likeness (QED) is 0.448. The SMILES string of the molecule is COc1ccc(OCC(=O)N/N=C\c2cc([N+](=O)[O-])ccc2O)cc1. The van der Waals surface area contributed by atoms with Crippen LogP contribution in [-0.4, -0.2) is 35.9 Å². The third kappa shape index (κ3) is 5.20. The number of nitrogens with one attached hydrogen (secondary N) is 1. The summed E-state index contributed by atoms with van der Waals surface area (Å²) in [4.78, 5) is 21.7. The normalized spacial score (nSPS) is 10.4. The number of hydrazone groups is 1. The maximum absolute atomic E-state index is 11.6. The zero-order valence-corrected chi connectivity index (χ0v) is 13.2. The van der Waals surface area contributed by atoms with Crippen molar-refractivity contribution in [1.29, 1.82) is 0 Å². The van der Waals surface area contributed by atoms with Gasteiger partial charge in [0, 0.05) is 17.7 Å². The van der Waals surface area contributed by atoms with Crippen LogP contribution in [0.25, 0.3) is 0 Å². The number of benzene rings is 2. The van der Waals surface area contributed by atoms with E-state index < -0.39 is 10.8 Å². The first-order chi connectivity index (χ1) is 12.0. The Morgan fingerprint density at radius 1 is 1.28 bits per heavy atom. The fourth-order valence-corrected chi connectivity index (χ4v) is 1.79. The maximum Gasteiger partial charge on any atom is 0.277 e. The van der Waals surface area contributed by atoms with Gasteiger partial charge in [-0.3, -0.25) is 14.9 Å². The Hall–Kier alpha value is -3.62. The average Bonchev–Trinajstić information content (AvgIpc) is 2.61. The summed E-state index contributed by atoms with van der Waals surface area (Å²) < 4.78 is 10.3. The summed E-state index contributed by atoms with van der Waals surface area (Å²) in [6, 6.07) is 10.2. The Balaban J connectivity index is 1.87. The summed E-state index contributed by atoms with van der Waals surface area (Å²) in [6.07, 6.45) is 1.10. The number of carbonyl (C=O) groups excluding carboxylic acids is 1. The van der Waals surface area contributed by atoms with Crippen molar-refractivity contribution < 1.29 is 24.3 Å². The van der Waals surface area contributed by atoms with Crippen molar-refractivity contribution in [3.8, 4) is 17.2 Å². The monoisotopic (exact) mass is 345 g/mol. The van der Waals surface area contributed by atoms with Crippen molar-refractivity contribution in [2.24, 2.45) is 5.10 Å². The predicted molar refractivity (Wildman–Crippen MR) is 89.0 cm³/mol. The van der Waals surface area contributed by atoms with Crippen LogP contribution < -0.4 is 14.9 Å². The van der Waals surface area contributed by atoms with E-state index in [1.54, 1.807) is 31.4 Å². The number of phenols is 1. The van der Waals surface area contributed by atoms with Gasteiger partial charge in [-0.05, 0) is 30.3 Å². The molecule has 0 aliphatic heterocycles. The molecule has 9 heteroatoms. The summed E-state index contributed by atoms with van der Waals surface area (Å²) >= 11 is 0. The van der Waals surface area contributed by atoms with E-state index in [2.05, 4.69) is 10.5 Å². The highest BCUT2D eigenvalue weighted by atomic mass is 16.6. The minimum atomic E-state index is -0.599. The molecular weight excluding hydrogens is 330 g/mol. The fraction of sp³-hybridized carbons (Fsp3) is 0.125. The van der Waals surface area contributed by atoms with E-state index in [1.165, 1.54) is 6.07 Å². The number of carbonyl (C=O) groups is 1. The molecule has 0 unspecified atom stereocenters. The van der Waals surface area contributed by atoms with Crippen LogP contribution in [0.4, 0.5) is 5.69 Å². The molecule has 0 aromatic heterocycles. The number of aromatic hydroxyl groups is 1. The molecule has 0 heterocycles. The first-order valence-electron chi connectivity index (χ1n) is 7.06. The van der Waals surface area contributed by atoms with E-state index in [0.717, 1.165) is 18.3 Å². The third-order valence-electron chi connectivity index (χ3n) is 3.04. The first-order valence-corrected chi connectivity index (χ1v) is 7.06. The molecule has 9 nitrogen and oxygen atoms in total. The largest absolute Gasteiger partial charge is 0.507 e. The van der Waals surface area contributed by atoms with Gasteiger partial charge in [0.05, 0.1) is 18.2 Å². The van der Waals surface area contributed by atoms with Gasteiger partial charge in [0.2, 0.25) is 0 Å². The van der Waals surface area contributed by atoms with Gasteiger partial charge in [0.25, 0.3) is 11.6 Å². The van der Waals surface area contributed by atoms with E-state index in [0.29, 0.717) is 11.5 Å². The van der Waals surface area contributed by atoms with Gasteiger partial charge in [-0.25, -0.2) is 5.43 Å². The zero-order chi connectivity index (χ0) is 18.2. The zero-order valence-electron chi connectivity index (χ0n) is 13.2. The van der Waals surface area contributed by atoms with Gasteiger partial charge in [0.1, 0.15) is 17.2 Å². The Bertz CT molecular complexity index is 789. The van der Waals surface area contributed by atoms with E-state index in [9.17, 15) is 20.0 Å². The molecule has 0 bridgehead atoms. The second-order valence-electron chi connectivity index (χ2n) is 4.76. The van der Waals surface area contributed by atoms with Gasteiger partial charge in [-0.1, -0.05) is 0 Å². The lowest BCUT2D eigenvalue weighted by Gasteiger charge is -2.06. The van der Waals surface area contributed by atoms with Crippen molar-refractivity contribution in [1.82, 2.24) is 5.43 Å². The topological polar surface area (TPSA) is 123 Å². The van der Waals surface area contributed by atoms with Crippen LogP contribution >= 0.6 is 0 Å². The number of non-ortho nitro benzene ring substituents is 1. The summed E-state index contributed by atoms with van der Waals surface area (Å²) in [5.41, 5.74) is 2.10. The molecule has 0 saturated carbocycles. The Morgan fingerprint density at radius 3 is 2.60 bits per heavy atom. The van der Waals surface area contributed by atoms with E-state index in [4.69, 9.17) is 9.47 Å². The molecule has 1 amide bonds. The van der Waals surface area contributed by atoms with Crippen molar-refractivity contribution >= 4 is 17.8 Å². The minimum absolute atomic E-state index is 0.102. The molecular formula is C16H15N3O6. The molecule has 2 aromatic rings. The molecule has 2 N–H and O–H groups in total. The lowest BCUT2D eigenvalue weighted by molar-refractivity contribution is -0.384. The average molecular weight is 345 g/mol. The number of nitro benzene ring substituents is 1. The molecule has 2 aromatic carbocycles. The van der Waals surface area contributed by atoms with E-state index in [-0.39, 0.29) is 23.6 Å². The molecule has 0 radical (unpaired) electrons. The molecule has 0 saturated heterocycles. The van der Waals surface area contributed by atoms with Gasteiger partial charge in [0.15, 0.2) is 6.61 Å². The van der Waals surface area contributed by atoms with Crippen molar-refractivity contribution in [2.75, 3.05) is 13.7 Å². The standard InChI is InChI=1S/C16H15N3O6/c1-24-13-3-5-14(6-4-13)25-10-16(21)18-17-9-11-8-12(19(22)23)2-7-15(11)20/h2-9,20H,10H2,1H3,(H,18,21)/b17-9-. The van der Waals surface area contributed by atoms with Crippen molar-refractivity contribution in [3.05, 3.63) is 58.1 Å². The molecule has 0 atom stereocenters. The fourth-order valence-electron chi connectivity index (χ4n) is 1.79. The molecule has 0 aliphatic carbocycles. The predicted octanol–water partition coefficient (Wildman–Crippen LogP) is 1.84. The van der Waals surface area contributed by atoms with Crippen LogP contribution in [0.5, 0.6) is 17.2 Å². The molecule has 25 heavy (non-hydrogen) atoms. The number of nitro groups is 1. The van der Waals surface area contributed by atoms with Gasteiger partial charge in [-0.15, -0.1) is 0 Å². The maximum atomic E-state index is 11.6. The van der Waals surface area contributed by atoms with Gasteiger partial charge >= 0.3 is 0 Å². The van der Waals surface area contributed by atoms with Crippen LogP contribution in [0, 0.1) is 10.1 Å². The van der Waals surface area contributed by atoms with Crippen LogP contribution in [0.3, 0.4) is 0 Å². The summed E-state index contributed by atoms with van der Waals surface area (Å²) in [5.74, 6) is 0.421. The van der Waals surface area contributed by atoms with Crippen LogP contribution in [0.1, 0.15) is 5.56 Å². The number of hydrogen-bond acceptors (Lipinski definition) is 7. The summed E-state index contributed by atoms with van der Waals surface area (Å²) in [6.45, 7) is -0.273. The number of rotatable bonds is 7. The lowest BCUT2D eigenvalue weighted by atomic mass is 10.2. The minimum Gasteiger partial charge on any atom is -0.507 e. The highest BCUT2D eigenvalue weighted by Crippen LogP contribution is 2.21. The smallest absolute Gasteiger partial charge is 0.277 e. The molecule has 0 spiro atoms. The first kappa shape index (κ1) is 17.7. The Morgan fingerprint density at radius 2 is 1.96 bits per heavy atom. The van der Waals surface area contributed by atoms with Crippen LogP contribution in [0.15, 0.2) is 47.6 Å². The number of ether oxygens (including phenoxy) is 2. The molecule has 0 fully saturated rings. The van der Waals surface area contributed by atoms with Gasteiger partial charge < -0.3 is 14.6 Å². The summed E-state index contributed by atoms with van der Waals surface area (Å²) in [5, 5.41) is 23.9. The van der Waals surface area contributed by atoms with Crippen LogP contribution in [-0.2, 0) is 4.79 Å². The second kappa shape index (κ2) is 8.29. The van der Waals surface area contributed by atoms with Crippen molar-refractivity contribution in [2.45, 2.75) is 0 Å². The number of methoxy groups -OCH3 is 1. The second-order valence-corrected chi connectivity index (χ2v) is 4.76. The number of nitrogens with zero attached hydrogens (tertiary/aromatic N) is 2. The molecule has 130 valence electrons.